The number of rotatable bonds is 5. The second-order valence-electron chi connectivity index (χ2n) is 7.00. The van der Waals surface area contributed by atoms with Gasteiger partial charge in [-0.25, -0.2) is 4.39 Å². The van der Waals surface area contributed by atoms with E-state index >= 15 is 0 Å². The molecule has 27 heavy (non-hydrogen) atoms. The molecule has 0 saturated heterocycles. The molecule has 142 valence electrons. The van der Waals surface area contributed by atoms with Crippen molar-refractivity contribution in [1.82, 2.24) is 5.32 Å². The first-order valence-corrected chi connectivity index (χ1v) is 9.20. The molecule has 3 rings (SSSR count). The molecule has 2 aromatic rings. The molecule has 5 nitrogen and oxygen atoms in total. The van der Waals surface area contributed by atoms with Crippen molar-refractivity contribution in [3.8, 4) is 0 Å². The average Bonchev–Trinajstić information content (AvgIpc) is 2.67. The van der Waals surface area contributed by atoms with Crippen LogP contribution in [0.4, 0.5) is 10.1 Å². The predicted octanol–water partition coefficient (Wildman–Crippen LogP) is 3.21. The Labute approximate surface area is 158 Å². The van der Waals surface area contributed by atoms with Gasteiger partial charge in [-0.05, 0) is 61.2 Å². The minimum Gasteiger partial charge on any atom is -0.352 e. The van der Waals surface area contributed by atoms with Crippen molar-refractivity contribution in [1.29, 1.82) is 0 Å². The Balaban J connectivity index is 1.56. The molecular formula is C21H24FN3O2. The molecule has 6 heteroatoms. The van der Waals surface area contributed by atoms with E-state index in [-0.39, 0.29) is 29.6 Å². The summed E-state index contributed by atoms with van der Waals surface area (Å²) >= 11 is 0. The number of halogens is 1. The van der Waals surface area contributed by atoms with Gasteiger partial charge in [0.25, 0.3) is 5.91 Å². The molecule has 0 radical (unpaired) electrons. The molecule has 2 aromatic carbocycles. The summed E-state index contributed by atoms with van der Waals surface area (Å²) in [5.41, 5.74) is 7.84. The van der Waals surface area contributed by atoms with Gasteiger partial charge >= 0.3 is 0 Å². The summed E-state index contributed by atoms with van der Waals surface area (Å²) in [5, 5.41) is 5.74. The van der Waals surface area contributed by atoms with Crippen LogP contribution >= 0.6 is 0 Å². The topological polar surface area (TPSA) is 84.2 Å². The average molecular weight is 369 g/mol. The first kappa shape index (κ1) is 19.0. The van der Waals surface area contributed by atoms with Crippen molar-refractivity contribution in [2.75, 3.05) is 5.32 Å². The first-order chi connectivity index (χ1) is 13.0. The largest absolute Gasteiger partial charge is 0.352 e. The molecule has 0 aromatic heterocycles. The van der Waals surface area contributed by atoms with E-state index < -0.39 is 0 Å². The summed E-state index contributed by atoms with van der Waals surface area (Å²) in [7, 11) is 0. The summed E-state index contributed by atoms with van der Waals surface area (Å²) in [6, 6.07) is 12.8. The molecule has 0 bridgehead atoms. The van der Waals surface area contributed by atoms with E-state index in [0.29, 0.717) is 17.8 Å². The number of anilines is 1. The van der Waals surface area contributed by atoms with Crippen LogP contribution in [0.15, 0.2) is 48.5 Å². The molecule has 0 aliphatic heterocycles. The normalized spacial score (nSPS) is 19.3. The number of nitrogens with one attached hydrogen (secondary N) is 2. The second-order valence-corrected chi connectivity index (χ2v) is 7.00. The Kier molecular flexibility index (Phi) is 6.19. The van der Waals surface area contributed by atoms with Gasteiger partial charge in [0.05, 0.1) is 0 Å². The van der Waals surface area contributed by atoms with E-state index in [0.717, 1.165) is 31.2 Å². The minimum atomic E-state index is -0.386. The molecule has 2 atom stereocenters. The van der Waals surface area contributed by atoms with Gasteiger partial charge in [0.2, 0.25) is 5.91 Å². The summed E-state index contributed by atoms with van der Waals surface area (Å²) < 4.78 is 13.0. The van der Waals surface area contributed by atoms with E-state index in [2.05, 4.69) is 10.6 Å². The van der Waals surface area contributed by atoms with E-state index in [9.17, 15) is 14.0 Å². The van der Waals surface area contributed by atoms with Crippen LogP contribution in [0.5, 0.6) is 0 Å². The minimum absolute atomic E-state index is 0.0184. The molecule has 4 N–H and O–H groups in total. The maximum absolute atomic E-state index is 13.0. The lowest BCUT2D eigenvalue weighted by Crippen LogP contribution is -2.37. The number of benzene rings is 2. The van der Waals surface area contributed by atoms with Gasteiger partial charge in [0.1, 0.15) is 5.82 Å². The van der Waals surface area contributed by atoms with Gasteiger partial charge < -0.3 is 16.4 Å². The number of hydrogen-bond donors (Lipinski definition) is 3. The third-order valence-corrected chi connectivity index (χ3v) is 4.84. The predicted molar refractivity (Wildman–Crippen MR) is 103 cm³/mol. The fourth-order valence-electron chi connectivity index (χ4n) is 3.36. The summed E-state index contributed by atoms with van der Waals surface area (Å²) in [6.45, 7) is 0.394. The van der Waals surface area contributed by atoms with Crippen LogP contribution < -0.4 is 16.4 Å². The van der Waals surface area contributed by atoms with Gasteiger partial charge in [-0.15, -0.1) is 0 Å². The number of amides is 2. The van der Waals surface area contributed by atoms with Crippen LogP contribution in [0.3, 0.4) is 0 Å². The van der Waals surface area contributed by atoms with Crippen molar-refractivity contribution in [3.05, 3.63) is 65.5 Å². The number of carbonyl (C=O) groups excluding carboxylic acids is 2. The van der Waals surface area contributed by atoms with Gasteiger partial charge in [-0.3, -0.25) is 9.59 Å². The van der Waals surface area contributed by atoms with Crippen molar-refractivity contribution in [2.24, 2.45) is 11.7 Å². The molecule has 1 aliphatic rings. The Morgan fingerprint density at radius 3 is 2.63 bits per heavy atom. The molecule has 1 aliphatic carbocycles. The summed E-state index contributed by atoms with van der Waals surface area (Å²) in [5.74, 6) is -0.684. The lowest BCUT2D eigenvalue weighted by molar-refractivity contribution is -0.126. The van der Waals surface area contributed by atoms with Crippen molar-refractivity contribution in [2.45, 2.75) is 38.3 Å². The summed E-state index contributed by atoms with van der Waals surface area (Å²) in [6.07, 6.45) is 3.59. The maximum atomic E-state index is 13.0. The standard InChI is InChI=1S/C21H24FN3O2/c22-17-9-7-15(8-10-17)21(27)25-19-6-1-3-14(11-19)13-24-20(26)16-4-2-5-18(23)12-16/h1,3,6-11,16,18H,2,4-5,12-13,23H2,(H,24,26)(H,25,27). The van der Waals surface area contributed by atoms with Crippen molar-refractivity contribution in [3.63, 3.8) is 0 Å². The van der Waals surface area contributed by atoms with E-state index in [1.807, 2.05) is 18.2 Å². The first-order valence-electron chi connectivity index (χ1n) is 9.20. The smallest absolute Gasteiger partial charge is 0.255 e. The van der Waals surface area contributed by atoms with Crippen LogP contribution in [0.25, 0.3) is 0 Å². The van der Waals surface area contributed by atoms with Crippen molar-refractivity contribution >= 4 is 17.5 Å². The molecule has 0 heterocycles. The highest BCUT2D eigenvalue weighted by molar-refractivity contribution is 6.04. The zero-order valence-corrected chi connectivity index (χ0v) is 15.1. The van der Waals surface area contributed by atoms with E-state index in [4.69, 9.17) is 5.73 Å². The molecular weight excluding hydrogens is 345 g/mol. The highest BCUT2D eigenvalue weighted by atomic mass is 19.1. The molecule has 2 unspecified atom stereocenters. The third-order valence-electron chi connectivity index (χ3n) is 4.84. The number of hydrogen-bond acceptors (Lipinski definition) is 3. The zero-order chi connectivity index (χ0) is 19.2. The Morgan fingerprint density at radius 2 is 1.89 bits per heavy atom. The van der Waals surface area contributed by atoms with E-state index in [1.165, 1.54) is 24.3 Å². The van der Waals surface area contributed by atoms with Crippen LogP contribution in [0.2, 0.25) is 0 Å². The summed E-state index contributed by atoms with van der Waals surface area (Å²) in [4.78, 5) is 24.6. The van der Waals surface area contributed by atoms with Gasteiger partial charge in [-0.1, -0.05) is 18.6 Å². The maximum Gasteiger partial charge on any atom is 0.255 e. The monoisotopic (exact) mass is 369 g/mol. The van der Waals surface area contributed by atoms with Crippen LogP contribution in [0, 0.1) is 11.7 Å². The second kappa shape index (κ2) is 8.77. The zero-order valence-electron chi connectivity index (χ0n) is 15.1. The lowest BCUT2D eigenvalue weighted by Gasteiger charge is -2.25. The Hall–Kier alpha value is -2.73. The highest BCUT2D eigenvalue weighted by Crippen LogP contribution is 2.23. The molecule has 0 spiro atoms. The van der Waals surface area contributed by atoms with Crippen molar-refractivity contribution < 1.29 is 14.0 Å². The van der Waals surface area contributed by atoms with Crippen LogP contribution in [0.1, 0.15) is 41.6 Å². The Morgan fingerprint density at radius 1 is 1.11 bits per heavy atom. The Bertz CT molecular complexity index is 807. The highest BCUT2D eigenvalue weighted by Gasteiger charge is 2.24. The lowest BCUT2D eigenvalue weighted by atomic mass is 9.85. The fourth-order valence-corrected chi connectivity index (χ4v) is 3.36. The van der Waals surface area contributed by atoms with Gasteiger partial charge in [0.15, 0.2) is 0 Å². The SMILES string of the molecule is NC1CCCC(C(=O)NCc2cccc(NC(=O)c3ccc(F)cc3)c2)C1. The van der Waals surface area contributed by atoms with Crippen LogP contribution in [-0.4, -0.2) is 17.9 Å². The van der Waals surface area contributed by atoms with E-state index in [1.54, 1.807) is 6.07 Å². The quantitative estimate of drug-likeness (QED) is 0.757. The molecule has 1 fully saturated rings. The number of carbonyl (C=O) groups is 2. The van der Waals surface area contributed by atoms with Gasteiger partial charge in [-0.2, -0.15) is 0 Å². The molecule has 1 saturated carbocycles. The number of nitrogens with two attached hydrogens (primary N) is 1. The third kappa shape index (κ3) is 5.37. The molecule has 2 amide bonds. The fraction of sp³-hybridized carbons (Fsp3) is 0.333. The van der Waals surface area contributed by atoms with Crippen LogP contribution in [-0.2, 0) is 11.3 Å². The van der Waals surface area contributed by atoms with Gasteiger partial charge in [0, 0.05) is 29.8 Å².